The largest absolute Gasteiger partial charge is 0.497 e. The summed E-state index contributed by atoms with van der Waals surface area (Å²) in [5, 5.41) is 3.68. The maximum Gasteiger partial charge on any atom is 0.119 e. The summed E-state index contributed by atoms with van der Waals surface area (Å²) >= 11 is 0. The zero-order chi connectivity index (χ0) is 15.2. The topological polar surface area (TPSA) is 24.5 Å². The van der Waals surface area contributed by atoms with Crippen LogP contribution in [0.2, 0.25) is 0 Å². The van der Waals surface area contributed by atoms with Crippen LogP contribution in [-0.2, 0) is 6.54 Å². The van der Waals surface area contributed by atoms with Gasteiger partial charge >= 0.3 is 0 Å². The van der Waals surface area contributed by atoms with Gasteiger partial charge < -0.3 is 10.1 Å². The molecule has 2 rings (SSSR count). The van der Waals surface area contributed by atoms with E-state index >= 15 is 0 Å². The summed E-state index contributed by atoms with van der Waals surface area (Å²) in [4.78, 5) is 2.51. The summed E-state index contributed by atoms with van der Waals surface area (Å²) in [5.41, 5.74) is 1.32. The molecule has 0 spiro atoms. The SMILES string of the molecule is CCNC1CCC(C)CC1N(C)Cc1cccc(OC)c1. The second-order valence-electron chi connectivity index (χ2n) is 6.42. The summed E-state index contributed by atoms with van der Waals surface area (Å²) in [6, 6.07) is 9.67. The molecule has 3 nitrogen and oxygen atoms in total. The van der Waals surface area contributed by atoms with E-state index in [1.54, 1.807) is 7.11 Å². The monoisotopic (exact) mass is 290 g/mol. The summed E-state index contributed by atoms with van der Waals surface area (Å²) in [7, 11) is 3.99. The lowest BCUT2D eigenvalue weighted by molar-refractivity contribution is 0.120. The third-order valence-electron chi connectivity index (χ3n) is 4.68. The van der Waals surface area contributed by atoms with Gasteiger partial charge in [-0.2, -0.15) is 0 Å². The predicted molar refractivity (Wildman–Crippen MR) is 88.7 cm³/mol. The second kappa shape index (κ2) is 7.81. The summed E-state index contributed by atoms with van der Waals surface area (Å²) in [6.07, 6.45) is 3.93. The van der Waals surface area contributed by atoms with Crippen molar-refractivity contribution < 1.29 is 4.74 Å². The van der Waals surface area contributed by atoms with Crippen LogP contribution in [0.4, 0.5) is 0 Å². The molecule has 1 N–H and O–H groups in total. The zero-order valence-corrected chi connectivity index (χ0v) is 13.9. The van der Waals surface area contributed by atoms with E-state index in [0.29, 0.717) is 12.1 Å². The molecule has 21 heavy (non-hydrogen) atoms. The molecule has 1 saturated carbocycles. The molecule has 0 bridgehead atoms. The maximum absolute atomic E-state index is 5.33. The Kier molecular flexibility index (Phi) is 6.07. The highest BCUT2D eigenvalue weighted by Crippen LogP contribution is 2.28. The smallest absolute Gasteiger partial charge is 0.119 e. The minimum absolute atomic E-state index is 0.625. The highest BCUT2D eigenvalue weighted by molar-refractivity contribution is 5.28. The average Bonchev–Trinajstić information content (AvgIpc) is 2.49. The van der Waals surface area contributed by atoms with Crippen molar-refractivity contribution in [2.75, 3.05) is 20.7 Å². The van der Waals surface area contributed by atoms with Crippen molar-refractivity contribution in [2.45, 2.75) is 51.7 Å². The van der Waals surface area contributed by atoms with Crippen molar-refractivity contribution in [2.24, 2.45) is 5.92 Å². The number of benzene rings is 1. The van der Waals surface area contributed by atoms with Gasteiger partial charge in [0.2, 0.25) is 0 Å². The molecular weight excluding hydrogens is 260 g/mol. The van der Waals surface area contributed by atoms with Gasteiger partial charge in [-0.3, -0.25) is 4.90 Å². The summed E-state index contributed by atoms with van der Waals surface area (Å²) in [5.74, 6) is 1.78. The van der Waals surface area contributed by atoms with Crippen molar-refractivity contribution in [3.05, 3.63) is 29.8 Å². The zero-order valence-electron chi connectivity index (χ0n) is 13.9. The molecule has 1 aliphatic carbocycles. The van der Waals surface area contributed by atoms with E-state index in [1.165, 1.54) is 24.8 Å². The molecule has 0 saturated heterocycles. The van der Waals surface area contributed by atoms with Crippen LogP contribution < -0.4 is 10.1 Å². The lowest BCUT2D eigenvalue weighted by Gasteiger charge is -2.41. The Labute approximate surface area is 129 Å². The third-order valence-corrected chi connectivity index (χ3v) is 4.68. The van der Waals surface area contributed by atoms with Gasteiger partial charge in [0.15, 0.2) is 0 Å². The number of ether oxygens (including phenoxy) is 1. The van der Waals surface area contributed by atoms with Gasteiger partial charge in [-0.25, -0.2) is 0 Å². The molecule has 0 amide bonds. The molecule has 1 aromatic rings. The average molecular weight is 290 g/mol. The van der Waals surface area contributed by atoms with Crippen LogP contribution in [0.25, 0.3) is 0 Å². The van der Waals surface area contributed by atoms with Gasteiger partial charge in [0.1, 0.15) is 5.75 Å². The number of hydrogen-bond acceptors (Lipinski definition) is 3. The van der Waals surface area contributed by atoms with E-state index in [-0.39, 0.29) is 0 Å². The highest BCUT2D eigenvalue weighted by Gasteiger charge is 2.30. The fourth-order valence-corrected chi connectivity index (χ4v) is 3.51. The minimum Gasteiger partial charge on any atom is -0.497 e. The molecule has 1 fully saturated rings. The fourth-order valence-electron chi connectivity index (χ4n) is 3.51. The molecule has 118 valence electrons. The first kappa shape index (κ1) is 16.3. The molecular formula is C18H30N2O. The predicted octanol–water partition coefficient (Wildman–Crippen LogP) is 3.29. The Morgan fingerprint density at radius 3 is 2.86 bits per heavy atom. The number of nitrogens with one attached hydrogen (secondary N) is 1. The molecule has 1 aromatic carbocycles. The van der Waals surface area contributed by atoms with Gasteiger partial charge in [0.25, 0.3) is 0 Å². The molecule has 0 heterocycles. The van der Waals surface area contributed by atoms with Crippen LogP contribution in [0.5, 0.6) is 5.75 Å². The molecule has 0 aliphatic heterocycles. The fraction of sp³-hybridized carbons (Fsp3) is 0.667. The molecule has 0 aromatic heterocycles. The third kappa shape index (κ3) is 4.45. The molecule has 3 heteroatoms. The molecule has 1 aliphatic rings. The van der Waals surface area contributed by atoms with Crippen LogP contribution >= 0.6 is 0 Å². The van der Waals surface area contributed by atoms with Crippen LogP contribution in [0.3, 0.4) is 0 Å². The van der Waals surface area contributed by atoms with Gasteiger partial charge in [-0.1, -0.05) is 26.0 Å². The van der Waals surface area contributed by atoms with E-state index in [0.717, 1.165) is 24.8 Å². The maximum atomic E-state index is 5.33. The first-order valence-corrected chi connectivity index (χ1v) is 8.20. The van der Waals surface area contributed by atoms with E-state index in [9.17, 15) is 0 Å². The van der Waals surface area contributed by atoms with Crippen molar-refractivity contribution in [1.82, 2.24) is 10.2 Å². The normalized spacial score (nSPS) is 26.0. The highest BCUT2D eigenvalue weighted by atomic mass is 16.5. The van der Waals surface area contributed by atoms with Crippen LogP contribution in [0.1, 0.15) is 38.7 Å². The molecule has 3 atom stereocenters. The first-order chi connectivity index (χ1) is 10.1. The second-order valence-corrected chi connectivity index (χ2v) is 6.42. The van der Waals surface area contributed by atoms with Crippen molar-refractivity contribution in [1.29, 1.82) is 0 Å². The lowest BCUT2D eigenvalue weighted by Crippen LogP contribution is -2.51. The van der Waals surface area contributed by atoms with E-state index in [1.807, 2.05) is 6.07 Å². The molecule has 0 radical (unpaired) electrons. The van der Waals surface area contributed by atoms with Gasteiger partial charge in [0.05, 0.1) is 7.11 Å². The Bertz CT molecular complexity index is 435. The molecule has 3 unspecified atom stereocenters. The number of hydrogen-bond donors (Lipinski definition) is 1. The Balaban J connectivity index is 2.03. The van der Waals surface area contributed by atoms with E-state index < -0.39 is 0 Å². The van der Waals surface area contributed by atoms with Crippen molar-refractivity contribution in [3.63, 3.8) is 0 Å². The van der Waals surface area contributed by atoms with Gasteiger partial charge in [0, 0.05) is 18.6 Å². The Morgan fingerprint density at radius 2 is 2.14 bits per heavy atom. The van der Waals surface area contributed by atoms with Gasteiger partial charge in [-0.15, -0.1) is 0 Å². The van der Waals surface area contributed by atoms with Crippen LogP contribution in [0.15, 0.2) is 24.3 Å². The van der Waals surface area contributed by atoms with Crippen molar-refractivity contribution >= 4 is 0 Å². The van der Waals surface area contributed by atoms with E-state index in [2.05, 4.69) is 49.3 Å². The minimum atomic E-state index is 0.625. The number of nitrogens with zero attached hydrogens (tertiary/aromatic N) is 1. The lowest BCUT2D eigenvalue weighted by atomic mass is 9.82. The quantitative estimate of drug-likeness (QED) is 0.870. The first-order valence-electron chi connectivity index (χ1n) is 8.20. The number of methoxy groups -OCH3 is 1. The Hall–Kier alpha value is -1.06. The van der Waals surface area contributed by atoms with Crippen molar-refractivity contribution in [3.8, 4) is 5.75 Å². The summed E-state index contributed by atoms with van der Waals surface area (Å²) in [6.45, 7) is 6.63. The number of rotatable bonds is 6. The number of likely N-dealkylation sites (N-methyl/N-ethyl adjacent to an activating group) is 2. The van der Waals surface area contributed by atoms with Gasteiger partial charge in [-0.05, 0) is 56.5 Å². The van der Waals surface area contributed by atoms with E-state index in [4.69, 9.17) is 4.74 Å². The van der Waals surface area contributed by atoms with Crippen LogP contribution in [-0.4, -0.2) is 37.7 Å². The van der Waals surface area contributed by atoms with Crippen LogP contribution in [0, 0.1) is 5.92 Å². The standard InChI is InChI=1S/C18H30N2O/c1-5-19-17-10-9-14(2)11-18(17)20(3)13-15-7-6-8-16(12-15)21-4/h6-8,12,14,17-19H,5,9-11,13H2,1-4H3. The Morgan fingerprint density at radius 1 is 1.33 bits per heavy atom. The summed E-state index contributed by atoms with van der Waals surface area (Å²) < 4.78 is 5.33.